The summed E-state index contributed by atoms with van der Waals surface area (Å²) in [4.78, 5) is 24.0. The maximum absolute atomic E-state index is 13.4. The number of aryl methyl sites for hydroxylation is 1. The Morgan fingerprint density at radius 2 is 1.72 bits per heavy atom. The summed E-state index contributed by atoms with van der Waals surface area (Å²) >= 11 is 0. The summed E-state index contributed by atoms with van der Waals surface area (Å²) in [6.45, 7) is 0.523. The number of benzene rings is 2. The van der Waals surface area contributed by atoms with E-state index in [-0.39, 0.29) is 18.8 Å². The number of hydrogen-bond acceptors (Lipinski definition) is 6. The molecule has 0 aliphatic carbocycles. The second kappa shape index (κ2) is 9.42. The molecule has 5 aromatic rings. The number of rotatable bonds is 4. The van der Waals surface area contributed by atoms with Crippen LogP contribution in [-0.4, -0.2) is 58.1 Å². The van der Waals surface area contributed by atoms with Gasteiger partial charge in [0.25, 0.3) is 0 Å². The Kier molecular flexibility index (Phi) is 6.02. The van der Waals surface area contributed by atoms with Gasteiger partial charge in [-0.2, -0.15) is 13.2 Å². The van der Waals surface area contributed by atoms with Crippen LogP contribution in [0.3, 0.4) is 0 Å². The number of pyridine rings is 2. The molecule has 4 heterocycles. The van der Waals surface area contributed by atoms with Gasteiger partial charge in [-0.25, -0.2) is 9.78 Å². The number of ether oxygens (including phenoxy) is 1. The number of piperazine rings is 1. The minimum Gasteiger partial charge on any atom is -0.481 e. The van der Waals surface area contributed by atoms with Crippen LogP contribution in [-0.2, 0) is 7.05 Å². The quantitative estimate of drug-likeness (QED) is 0.371. The number of nitrogens with zero attached hydrogens (tertiary/aromatic N) is 5. The van der Waals surface area contributed by atoms with Crippen molar-refractivity contribution >= 4 is 27.6 Å². The SMILES string of the molecule is COc1ccc(-c2ccc3ncc4c(c3c2)n(-c2ccc(N3CCNC(C(F)(F)F)C3)cc2)c(=O)n4C)cn1. The number of anilines is 1. The van der Waals surface area contributed by atoms with E-state index in [0.29, 0.717) is 34.8 Å². The van der Waals surface area contributed by atoms with Gasteiger partial charge in [-0.15, -0.1) is 0 Å². The van der Waals surface area contributed by atoms with Gasteiger partial charge in [-0.05, 0) is 48.0 Å². The molecule has 2 aromatic carbocycles. The molecule has 0 spiro atoms. The first-order chi connectivity index (χ1) is 18.7. The fourth-order valence-electron chi connectivity index (χ4n) is 5.10. The van der Waals surface area contributed by atoms with E-state index in [1.807, 2.05) is 24.3 Å². The summed E-state index contributed by atoms with van der Waals surface area (Å²) in [5.41, 5.74) is 4.91. The summed E-state index contributed by atoms with van der Waals surface area (Å²) in [6, 6.07) is 15.0. The lowest BCUT2D eigenvalue weighted by atomic mass is 10.0. The smallest absolute Gasteiger partial charge is 0.405 e. The van der Waals surface area contributed by atoms with Gasteiger partial charge in [0.1, 0.15) is 6.04 Å². The molecule has 8 nitrogen and oxygen atoms in total. The lowest BCUT2D eigenvalue weighted by Gasteiger charge is -2.36. The van der Waals surface area contributed by atoms with Gasteiger partial charge in [0.05, 0.1) is 35.5 Å². The summed E-state index contributed by atoms with van der Waals surface area (Å²) in [6.07, 6.45) is -0.912. The molecule has 1 N–H and O–H groups in total. The Bertz CT molecular complexity index is 1730. The maximum atomic E-state index is 13.4. The normalized spacial score (nSPS) is 16.2. The number of nitrogens with one attached hydrogen (secondary N) is 1. The van der Waals surface area contributed by atoms with Crippen LogP contribution in [0.1, 0.15) is 0 Å². The molecular formula is C28H25F3N6O2. The van der Waals surface area contributed by atoms with Crippen molar-refractivity contribution < 1.29 is 17.9 Å². The third kappa shape index (κ3) is 4.38. The van der Waals surface area contributed by atoms with E-state index in [2.05, 4.69) is 15.3 Å². The van der Waals surface area contributed by atoms with Crippen molar-refractivity contribution in [2.24, 2.45) is 7.05 Å². The van der Waals surface area contributed by atoms with Crippen molar-refractivity contribution in [3.05, 3.63) is 77.5 Å². The highest BCUT2D eigenvalue weighted by atomic mass is 19.4. The van der Waals surface area contributed by atoms with E-state index in [9.17, 15) is 18.0 Å². The second-order valence-electron chi connectivity index (χ2n) is 9.50. The van der Waals surface area contributed by atoms with Crippen molar-refractivity contribution in [1.29, 1.82) is 0 Å². The first-order valence-electron chi connectivity index (χ1n) is 12.4. The highest BCUT2D eigenvalue weighted by Gasteiger charge is 2.42. The lowest BCUT2D eigenvalue weighted by Crippen LogP contribution is -2.57. The monoisotopic (exact) mass is 534 g/mol. The van der Waals surface area contributed by atoms with Crippen LogP contribution in [0.15, 0.2) is 71.8 Å². The summed E-state index contributed by atoms with van der Waals surface area (Å²) in [7, 11) is 3.25. The van der Waals surface area contributed by atoms with E-state index >= 15 is 0 Å². The zero-order valence-electron chi connectivity index (χ0n) is 21.2. The fraction of sp³-hybridized carbons (Fsp3) is 0.250. The van der Waals surface area contributed by atoms with Crippen LogP contribution in [0.2, 0.25) is 0 Å². The third-order valence-corrected chi connectivity index (χ3v) is 7.21. The Morgan fingerprint density at radius 3 is 2.41 bits per heavy atom. The number of imidazole rings is 1. The van der Waals surface area contributed by atoms with Crippen molar-refractivity contribution in [3.63, 3.8) is 0 Å². The fourth-order valence-corrected chi connectivity index (χ4v) is 5.10. The number of alkyl halides is 3. The van der Waals surface area contributed by atoms with Gasteiger partial charge in [0.2, 0.25) is 5.88 Å². The molecule has 1 atom stereocenters. The summed E-state index contributed by atoms with van der Waals surface area (Å²) in [5, 5.41) is 3.32. The molecule has 0 radical (unpaired) electrons. The third-order valence-electron chi connectivity index (χ3n) is 7.21. The zero-order valence-corrected chi connectivity index (χ0v) is 21.2. The predicted molar refractivity (Wildman–Crippen MR) is 144 cm³/mol. The van der Waals surface area contributed by atoms with Gasteiger partial charge < -0.3 is 15.0 Å². The molecule has 6 rings (SSSR count). The number of halogens is 3. The standard InChI is InChI=1S/C28H25F3N6O2/c1-35-23-15-33-22-9-3-17(18-4-10-25(39-2)34-14-18)13-21(22)26(23)37(27(35)38)20-7-5-19(6-8-20)36-12-11-32-24(16-36)28(29,30)31/h3-10,13-15,24,32H,11-12,16H2,1-2H3. The van der Waals surface area contributed by atoms with E-state index < -0.39 is 12.2 Å². The van der Waals surface area contributed by atoms with E-state index in [1.54, 1.807) is 70.9 Å². The first kappa shape index (κ1) is 24.9. The molecule has 11 heteroatoms. The minimum absolute atomic E-state index is 0.170. The van der Waals surface area contributed by atoms with Gasteiger partial charge in [0, 0.05) is 55.6 Å². The molecule has 1 fully saturated rings. The average molecular weight is 535 g/mol. The predicted octanol–water partition coefficient (Wildman–Crippen LogP) is 4.29. The largest absolute Gasteiger partial charge is 0.481 e. The molecule has 0 saturated carbocycles. The second-order valence-corrected chi connectivity index (χ2v) is 9.50. The molecule has 39 heavy (non-hydrogen) atoms. The number of aromatic nitrogens is 4. The average Bonchev–Trinajstić information content (AvgIpc) is 3.22. The number of methoxy groups -OCH3 is 1. The van der Waals surface area contributed by atoms with Gasteiger partial charge in [0.15, 0.2) is 0 Å². The van der Waals surface area contributed by atoms with E-state index in [4.69, 9.17) is 4.74 Å². The molecule has 0 bridgehead atoms. The molecule has 3 aromatic heterocycles. The van der Waals surface area contributed by atoms with Crippen molar-refractivity contribution in [2.75, 3.05) is 31.6 Å². The number of hydrogen-bond donors (Lipinski definition) is 1. The van der Waals surface area contributed by atoms with Crippen LogP contribution in [0.4, 0.5) is 18.9 Å². The summed E-state index contributed by atoms with van der Waals surface area (Å²) < 4.78 is 48.1. The molecule has 1 aliphatic rings. The molecule has 0 amide bonds. The Morgan fingerprint density at radius 1 is 0.974 bits per heavy atom. The highest BCUT2D eigenvalue weighted by Crippen LogP contribution is 2.31. The van der Waals surface area contributed by atoms with E-state index in [1.165, 1.54) is 0 Å². The first-order valence-corrected chi connectivity index (χ1v) is 12.4. The molecule has 1 aliphatic heterocycles. The zero-order chi connectivity index (χ0) is 27.3. The maximum Gasteiger partial charge on any atom is 0.405 e. The molecule has 1 unspecified atom stereocenters. The Hall–Kier alpha value is -4.38. The van der Waals surface area contributed by atoms with Gasteiger partial charge in [-0.1, -0.05) is 6.07 Å². The van der Waals surface area contributed by atoms with Crippen LogP contribution in [0, 0.1) is 0 Å². The molecular weight excluding hydrogens is 509 g/mol. The lowest BCUT2D eigenvalue weighted by molar-refractivity contribution is -0.155. The van der Waals surface area contributed by atoms with Gasteiger partial charge in [-0.3, -0.25) is 14.1 Å². The van der Waals surface area contributed by atoms with Crippen LogP contribution < -0.4 is 20.6 Å². The van der Waals surface area contributed by atoms with Crippen molar-refractivity contribution in [3.8, 4) is 22.7 Å². The molecule has 1 saturated heterocycles. The van der Waals surface area contributed by atoms with E-state index in [0.717, 1.165) is 22.0 Å². The Balaban J connectivity index is 1.44. The van der Waals surface area contributed by atoms with Gasteiger partial charge >= 0.3 is 11.9 Å². The van der Waals surface area contributed by atoms with Crippen molar-refractivity contribution in [2.45, 2.75) is 12.2 Å². The summed E-state index contributed by atoms with van der Waals surface area (Å²) in [5.74, 6) is 0.513. The topological polar surface area (TPSA) is 77.2 Å². The number of fused-ring (bicyclic) bond motifs is 3. The minimum atomic E-state index is -4.31. The van der Waals surface area contributed by atoms with Crippen molar-refractivity contribution in [1.82, 2.24) is 24.4 Å². The highest BCUT2D eigenvalue weighted by molar-refractivity contribution is 6.04. The molecule has 200 valence electrons. The van der Waals surface area contributed by atoms with Crippen LogP contribution in [0.25, 0.3) is 38.8 Å². The van der Waals surface area contributed by atoms with Crippen LogP contribution in [0.5, 0.6) is 5.88 Å². The Labute approximate surface area is 221 Å². The van der Waals surface area contributed by atoms with Crippen LogP contribution >= 0.6 is 0 Å².